The van der Waals surface area contributed by atoms with Gasteiger partial charge in [0, 0.05) is 0 Å². The molecule has 0 fully saturated rings. The van der Waals surface area contributed by atoms with Crippen LogP contribution in [0.25, 0.3) is 0 Å². The molecule has 0 bridgehead atoms. The Morgan fingerprint density at radius 1 is 0.778 bits per heavy atom. The average Bonchev–Trinajstić information content (AvgIpc) is 2.92. The van der Waals surface area contributed by atoms with Gasteiger partial charge in [-0.15, -0.1) is 0 Å². The van der Waals surface area contributed by atoms with E-state index in [4.69, 9.17) is 4.42 Å². The lowest BCUT2D eigenvalue weighted by atomic mass is 10.0. The normalized spacial score (nSPS) is 10.7. The zero-order valence-electron chi connectivity index (χ0n) is 11.2. The first-order valence-corrected chi connectivity index (χ1v) is 6.97. The number of furan rings is 1. The van der Waals surface area contributed by atoms with E-state index in [9.17, 15) is 0 Å². The van der Waals surface area contributed by atoms with E-state index in [0.29, 0.717) is 0 Å². The van der Waals surface area contributed by atoms with Gasteiger partial charge in [0.05, 0.1) is 12.5 Å². The van der Waals surface area contributed by atoms with E-state index in [2.05, 4.69) is 37.3 Å². The first kappa shape index (κ1) is 12.9. The van der Waals surface area contributed by atoms with Gasteiger partial charge >= 0.3 is 0 Å². The van der Waals surface area contributed by atoms with Gasteiger partial charge in [0.25, 0.3) is 0 Å². The number of benzene rings is 1. The Labute approximate surface area is 110 Å². The molecular formula is C17H22O. The topological polar surface area (TPSA) is 13.1 Å². The molecule has 0 spiro atoms. The fourth-order valence-electron chi connectivity index (χ4n) is 2.21. The molecule has 1 heteroatoms. The Kier molecular flexibility index (Phi) is 5.07. The zero-order valence-corrected chi connectivity index (χ0v) is 11.2. The minimum absolute atomic E-state index is 1.13. The third-order valence-electron chi connectivity index (χ3n) is 3.44. The summed E-state index contributed by atoms with van der Waals surface area (Å²) in [7, 11) is 0. The van der Waals surface area contributed by atoms with Crippen LogP contribution in [0.1, 0.15) is 42.9 Å². The Bertz CT molecular complexity index is 425. The van der Waals surface area contributed by atoms with E-state index >= 15 is 0 Å². The zero-order chi connectivity index (χ0) is 12.6. The second-order valence-corrected chi connectivity index (χ2v) is 4.86. The molecular weight excluding hydrogens is 220 g/mol. The van der Waals surface area contributed by atoms with E-state index in [0.717, 1.165) is 12.8 Å². The van der Waals surface area contributed by atoms with Gasteiger partial charge in [-0.1, -0.05) is 37.6 Å². The van der Waals surface area contributed by atoms with Crippen LogP contribution in [-0.2, 0) is 19.3 Å². The summed E-state index contributed by atoms with van der Waals surface area (Å²) in [5.41, 5.74) is 4.22. The molecule has 1 nitrogen and oxygen atoms in total. The molecule has 0 saturated heterocycles. The Morgan fingerprint density at radius 3 is 2.06 bits per heavy atom. The molecule has 0 aliphatic rings. The summed E-state index contributed by atoms with van der Waals surface area (Å²) >= 11 is 0. The Morgan fingerprint density at radius 2 is 1.44 bits per heavy atom. The van der Waals surface area contributed by atoms with Crippen molar-refractivity contribution < 1.29 is 4.42 Å². The van der Waals surface area contributed by atoms with E-state index in [1.54, 1.807) is 6.26 Å². The fourth-order valence-corrected chi connectivity index (χ4v) is 2.21. The van der Waals surface area contributed by atoms with Crippen LogP contribution in [0.15, 0.2) is 47.3 Å². The Hall–Kier alpha value is -1.50. The molecule has 0 N–H and O–H groups in total. The summed E-state index contributed by atoms with van der Waals surface area (Å²) in [6.45, 7) is 2.20. The maximum atomic E-state index is 5.06. The Balaban J connectivity index is 1.62. The minimum Gasteiger partial charge on any atom is -0.472 e. The van der Waals surface area contributed by atoms with Gasteiger partial charge in [-0.25, -0.2) is 0 Å². The van der Waals surface area contributed by atoms with Crippen LogP contribution < -0.4 is 0 Å². The van der Waals surface area contributed by atoms with Gasteiger partial charge in [0.2, 0.25) is 0 Å². The molecule has 2 aromatic rings. The van der Waals surface area contributed by atoms with E-state index in [1.807, 2.05) is 6.26 Å². The molecule has 96 valence electrons. The number of hydrogen-bond acceptors (Lipinski definition) is 1. The van der Waals surface area contributed by atoms with Gasteiger partial charge < -0.3 is 4.42 Å². The summed E-state index contributed by atoms with van der Waals surface area (Å²) in [6.07, 6.45) is 10.9. The second kappa shape index (κ2) is 7.05. The molecule has 2 rings (SSSR count). The van der Waals surface area contributed by atoms with Crippen molar-refractivity contribution in [2.75, 3.05) is 0 Å². The van der Waals surface area contributed by atoms with Crippen molar-refractivity contribution in [3.8, 4) is 0 Å². The lowest BCUT2D eigenvalue weighted by Crippen LogP contribution is -1.89. The van der Waals surface area contributed by atoms with Gasteiger partial charge in [0.1, 0.15) is 0 Å². The van der Waals surface area contributed by atoms with Crippen LogP contribution in [-0.4, -0.2) is 0 Å². The third-order valence-corrected chi connectivity index (χ3v) is 3.44. The highest BCUT2D eigenvalue weighted by Crippen LogP contribution is 2.11. The van der Waals surface area contributed by atoms with Gasteiger partial charge in [0.15, 0.2) is 0 Å². The summed E-state index contributed by atoms with van der Waals surface area (Å²) in [6, 6.07) is 11.1. The molecule has 0 radical (unpaired) electrons. The molecule has 0 aliphatic heterocycles. The lowest BCUT2D eigenvalue weighted by molar-refractivity contribution is 0.562. The lowest BCUT2D eigenvalue weighted by Gasteiger charge is -2.03. The third kappa shape index (κ3) is 4.06. The second-order valence-electron chi connectivity index (χ2n) is 4.86. The highest BCUT2D eigenvalue weighted by atomic mass is 16.3. The molecule has 0 saturated carbocycles. The molecule has 0 unspecified atom stereocenters. The van der Waals surface area contributed by atoms with Crippen molar-refractivity contribution in [2.45, 2.75) is 45.4 Å². The van der Waals surface area contributed by atoms with Crippen molar-refractivity contribution in [1.82, 2.24) is 0 Å². The van der Waals surface area contributed by atoms with E-state index in [1.165, 1.54) is 42.4 Å². The number of rotatable bonds is 7. The van der Waals surface area contributed by atoms with Crippen LogP contribution in [0, 0.1) is 0 Å². The van der Waals surface area contributed by atoms with E-state index < -0.39 is 0 Å². The molecule has 1 aromatic heterocycles. The van der Waals surface area contributed by atoms with Crippen molar-refractivity contribution in [3.05, 3.63) is 59.5 Å². The predicted molar refractivity (Wildman–Crippen MR) is 75.8 cm³/mol. The summed E-state index contributed by atoms with van der Waals surface area (Å²) in [5, 5.41) is 0. The summed E-state index contributed by atoms with van der Waals surface area (Å²) in [4.78, 5) is 0. The van der Waals surface area contributed by atoms with Crippen LogP contribution >= 0.6 is 0 Å². The van der Waals surface area contributed by atoms with Crippen molar-refractivity contribution in [1.29, 1.82) is 0 Å². The van der Waals surface area contributed by atoms with Crippen LogP contribution in [0.3, 0.4) is 0 Å². The minimum atomic E-state index is 1.13. The molecule has 1 heterocycles. The summed E-state index contributed by atoms with van der Waals surface area (Å²) < 4.78 is 5.06. The first-order chi connectivity index (χ1) is 8.88. The molecule has 0 atom stereocenters. The SMILES string of the molecule is CCc1ccc(CCCCCc2ccoc2)cc1. The van der Waals surface area contributed by atoms with Crippen LogP contribution in [0.5, 0.6) is 0 Å². The van der Waals surface area contributed by atoms with Gasteiger partial charge in [-0.3, -0.25) is 0 Å². The predicted octanol–water partition coefficient (Wildman–Crippen LogP) is 4.80. The molecule has 0 amide bonds. The monoisotopic (exact) mass is 242 g/mol. The highest BCUT2D eigenvalue weighted by molar-refractivity contribution is 5.22. The molecule has 0 aliphatic carbocycles. The highest BCUT2D eigenvalue weighted by Gasteiger charge is 1.97. The van der Waals surface area contributed by atoms with Crippen molar-refractivity contribution >= 4 is 0 Å². The first-order valence-electron chi connectivity index (χ1n) is 6.97. The molecule has 18 heavy (non-hydrogen) atoms. The standard InChI is InChI=1S/C17H22O/c1-2-15-8-10-16(11-9-15)6-4-3-5-7-17-12-13-18-14-17/h8-14H,2-7H2,1H3. The van der Waals surface area contributed by atoms with E-state index in [-0.39, 0.29) is 0 Å². The maximum Gasteiger partial charge on any atom is 0.0934 e. The number of aryl methyl sites for hydroxylation is 3. The van der Waals surface area contributed by atoms with Crippen LogP contribution in [0.4, 0.5) is 0 Å². The van der Waals surface area contributed by atoms with Gasteiger partial charge in [-0.2, -0.15) is 0 Å². The smallest absolute Gasteiger partial charge is 0.0934 e. The van der Waals surface area contributed by atoms with Crippen LogP contribution in [0.2, 0.25) is 0 Å². The van der Waals surface area contributed by atoms with Crippen molar-refractivity contribution in [3.63, 3.8) is 0 Å². The molecule has 1 aromatic carbocycles. The fraction of sp³-hybridized carbons (Fsp3) is 0.412. The number of unbranched alkanes of at least 4 members (excludes halogenated alkanes) is 2. The maximum absolute atomic E-state index is 5.06. The average molecular weight is 242 g/mol. The quantitative estimate of drug-likeness (QED) is 0.636. The number of hydrogen-bond donors (Lipinski definition) is 0. The summed E-state index contributed by atoms with van der Waals surface area (Å²) in [5.74, 6) is 0. The van der Waals surface area contributed by atoms with Crippen molar-refractivity contribution in [2.24, 2.45) is 0 Å². The largest absolute Gasteiger partial charge is 0.472 e. The van der Waals surface area contributed by atoms with Gasteiger partial charge in [-0.05, 0) is 54.9 Å².